The molecule has 1 amide bonds. The van der Waals surface area contributed by atoms with Gasteiger partial charge in [0.25, 0.3) is 5.91 Å². The van der Waals surface area contributed by atoms with Gasteiger partial charge in [0.05, 0.1) is 33.5 Å². The van der Waals surface area contributed by atoms with Crippen LogP contribution < -0.4 is 10.1 Å². The molecule has 0 saturated carbocycles. The van der Waals surface area contributed by atoms with Gasteiger partial charge in [-0.05, 0) is 18.2 Å². The Morgan fingerprint density at radius 1 is 1.35 bits per heavy atom. The van der Waals surface area contributed by atoms with Crippen molar-refractivity contribution in [2.45, 2.75) is 0 Å². The molecule has 0 saturated heterocycles. The number of amides is 1. The van der Waals surface area contributed by atoms with Gasteiger partial charge < -0.3 is 10.1 Å². The fourth-order valence-electron chi connectivity index (χ4n) is 2.43. The smallest absolute Gasteiger partial charge is 0.261 e. The van der Waals surface area contributed by atoms with E-state index in [4.69, 9.17) is 20.5 Å². The summed E-state index contributed by atoms with van der Waals surface area (Å²) in [5.74, 6) is 0.204. The lowest BCUT2D eigenvalue weighted by Crippen LogP contribution is -2.16. The molecule has 3 heterocycles. The third-order valence-corrected chi connectivity index (χ3v) is 4.88. The third kappa shape index (κ3) is 3.02. The first kappa shape index (κ1) is 13.3. The molecule has 0 bridgehead atoms. The van der Waals surface area contributed by atoms with E-state index in [1.54, 1.807) is 46.7 Å². The van der Waals surface area contributed by atoms with Crippen LogP contribution >= 0.6 is 22.9 Å². The van der Waals surface area contributed by atoms with Crippen molar-refractivity contribution in [3.8, 4) is 17.3 Å². The van der Waals surface area contributed by atoms with Gasteiger partial charge in [-0.2, -0.15) is 5.10 Å². The Morgan fingerprint density at radius 3 is 3.08 bits per heavy atom. The van der Waals surface area contributed by atoms with Crippen molar-refractivity contribution >= 4 is 39.7 Å². The fourth-order valence-corrected chi connectivity index (χ4v) is 3.36. The van der Waals surface area contributed by atoms with Crippen molar-refractivity contribution in [1.82, 2.24) is 20.1 Å². The molecule has 0 spiro atoms. The number of fused-ring (bicyclic) bond motifs is 1. The zero-order chi connectivity index (χ0) is 20.6. The Labute approximate surface area is 162 Å². The summed E-state index contributed by atoms with van der Waals surface area (Å²) in [5.41, 5.74) is 1.33. The van der Waals surface area contributed by atoms with Crippen LogP contribution in [0.25, 0.3) is 16.6 Å². The highest BCUT2D eigenvalue weighted by Gasteiger charge is 2.12. The summed E-state index contributed by atoms with van der Waals surface area (Å²) in [6, 6.07) is 10.4. The minimum atomic E-state index is -2.54. The summed E-state index contributed by atoms with van der Waals surface area (Å²) >= 11 is 7.24. The molecule has 0 aliphatic rings. The van der Waals surface area contributed by atoms with E-state index < -0.39 is 12.9 Å². The van der Waals surface area contributed by atoms with E-state index in [0.717, 1.165) is 16.7 Å². The van der Waals surface area contributed by atoms with Crippen LogP contribution in [-0.2, 0) is 0 Å². The molecular formula is C18H13ClN4O2S. The summed E-state index contributed by atoms with van der Waals surface area (Å²) < 4.78 is 28.8. The first-order chi connectivity index (χ1) is 13.8. The summed E-state index contributed by atoms with van der Waals surface area (Å²) in [6.45, 7) is -2.54. The molecule has 4 aromatic rings. The zero-order valence-corrected chi connectivity index (χ0v) is 14.7. The van der Waals surface area contributed by atoms with Crippen molar-refractivity contribution in [1.29, 1.82) is 0 Å². The number of rotatable bonds is 4. The van der Waals surface area contributed by atoms with E-state index in [1.807, 2.05) is 17.4 Å². The maximum absolute atomic E-state index is 12.0. The molecule has 130 valence electrons. The average molecular weight is 388 g/mol. The number of benzene rings is 1. The van der Waals surface area contributed by atoms with Crippen LogP contribution in [0.1, 0.15) is 13.8 Å². The molecule has 0 radical (unpaired) electrons. The van der Waals surface area contributed by atoms with E-state index in [2.05, 4.69) is 10.1 Å². The van der Waals surface area contributed by atoms with Crippen molar-refractivity contribution in [2.75, 3.05) is 6.98 Å². The summed E-state index contributed by atoms with van der Waals surface area (Å²) in [5, 5.41) is 9.28. The SMILES string of the molecule is [2H]C([2H])([2H])NC(=O)c1cc(-n2ncc3cc(Oc4ccccc4Cl)ncc32)cs1. The standard InChI is InChI=1S/C18H13ClN4O2S/c1-20-18(24)16-7-12(10-26-16)23-14-9-21-17(6-11(14)8-22-23)25-15-5-3-2-4-13(15)19/h2-10H,1H3,(H,20,24)/i1D3. The molecule has 26 heavy (non-hydrogen) atoms. The van der Waals surface area contributed by atoms with Crippen molar-refractivity contribution in [3.63, 3.8) is 0 Å². The molecule has 3 aromatic heterocycles. The first-order valence-corrected chi connectivity index (χ1v) is 8.73. The molecule has 0 aliphatic heterocycles. The number of hydrogen-bond donors (Lipinski definition) is 1. The summed E-state index contributed by atoms with van der Waals surface area (Å²) in [6.07, 6.45) is 3.25. The minimum Gasteiger partial charge on any atom is -0.437 e. The molecule has 1 aromatic carbocycles. The number of nitrogens with one attached hydrogen (secondary N) is 1. The number of halogens is 1. The lowest BCUT2D eigenvalue weighted by molar-refractivity contribution is 0.0967. The van der Waals surface area contributed by atoms with Gasteiger partial charge in [-0.3, -0.25) is 4.79 Å². The molecule has 0 atom stereocenters. The molecule has 0 aliphatic carbocycles. The van der Waals surface area contributed by atoms with E-state index in [9.17, 15) is 4.79 Å². The number of para-hydroxylation sites is 1. The lowest BCUT2D eigenvalue weighted by atomic mass is 10.3. The second kappa shape index (κ2) is 6.78. The fraction of sp³-hybridized carbons (Fsp3) is 0.0556. The van der Waals surface area contributed by atoms with Gasteiger partial charge in [0.2, 0.25) is 5.88 Å². The zero-order valence-electron chi connectivity index (χ0n) is 16.1. The van der Waals surface area contributed by atoms with Crippen LogP contribution in [0.4, 0.5) is 0 Å². The minimum absolute atomic E-state index is 0.270. The Bertz CT molecular complexity index is 1210. The lowest BCUT2D eigenvalue weighted by Gasteiger charge is -2.06. The molecule has 0 fully saturated rings. The monoisotopic (exact) mass is 387 g/mol. The van der Waals surface area contributed by atoms with E-state index >= 15 is 0 Å². The van der Waals surface area contributed by atoms with Crippen LogP contribution in [-0.4, -0.2) is 27.6 Å². The van der Waals surface area contributed by atoms with Crippen LogP contribution in [0.2, 0.25) is 5.02 Å². The molecule has 0 unspecified atom stereocenters. The number of carbonyl (C=O) groups is 1. The predicted molar refractivity (Wildman–Crippen MR) is 102 cm³/mol. The van der Waals surface area contributed by atoms with Gasteiger partial charge in [-0.1, -0.05) is 23.7 Å². The van der Waals surface area contributed by atoms with Crippen LogP contribution in [0.3, 0.4) is 0 Å². The second-order valence-electron chi connectivity index (χ2n) is 5.29. The van der Waals surface area contributed by atoms with E-state index in [0.29, 0.717) is 27.9 Å². The van der Waals surface area contributed by atoms with Crippen LogP contribution in [0.15, 0.2) is 54.2 Å². The van der Waals surface area contributed by atoms with Gasteiger partial charge in [-0.25, -0.2) is 9.67 Å². The average Bonchev–Trinajstić information content (AvgIpc) is 3.28. The number of thiophene rings is 1. The Balaban J connectivity index is 1.60. The number of nitrogens with zero attached hydrogens (tertiary/aromatic N) is 3. The van der Waals surface area contributed by atoms with Crippen molar-refractivity contribution in [3.05, 3.63) is 64.1 Å². The topological polar surface area (TPSA) is 69.0 Å². The van der Waals surface area contributed by atoms with Gasteiger partial charge in [0.15, 0.2) is 0 Å². The maximum atomic E-state index is 12.0. The quantitative estimate of drug-likeness (QED) is 0.567. The second-order valence-corrected chi connectivity index (χ2v) is 6.61. The molecule has 1 N–H and O–H groups in total. The Morgan fingerprint density at radius 2 is 2.23 bits per heavy atom. The Kier molecular flexibility index (Phi) is 3.47. The van der Waals surface area contributed by atoms with E-state index in [1.165, 1.54) is 0 Å². The van der Waals surface area contributed by atoms with Gasteiger partial charge in [0, 0.05) is 27.9 Å². The van der Waals surface area contributed by atoms with Crippen molar-refractivity contribution < 1.29 is 13.6 Å². The van der Waals surface area contributed by atoms with E-state index in [-0.39, 0.29) is 4.88 Å². The Hall–Kier alpha value is -2.90. The number of hydrogen-bond acceptors (Lipinski definition) is 5. The predicted octanol–water partition coefficient (Wildman–Crippen LogP) is 4.29. The van der Waals surface area contributed by atoms with Crippen LogP contribution in [0, 0.1) is 0 Å². The number of pyridine rings is 1. The highest BCUT2D eigenvalue weighted by Crippen LogP contribution is 2.30. The normalized spacial score (nSPS) is 13.0. The molecule has 6 nitrogen and oxygen atoms in total. The number of ether oxygens (including phenoxy) is 1. The third-order valence-electron chi connectivity index (χ3n) is 3.65. The molecular weight excluding hydrogens is 372 g/mol. The first-order valence-electron chi connectivity index (χ1n) is 8.98. The van der Waals surface area contributed by atoms with Gasteiger partial charge in [-0.15, -0.1) is 11.3 Å². The highest BCUT2D eigenvalue weighted by molar-refractivity contribution is 7.12. The number of aromatic nitrogens is 3. The number of carbonyl (C=O) groups excluding carboxylic acids is 1. The highest BCUT2D eigenvalue weighted by atomic mass is 35.5. The summed E-state index contributed by atoms with van der Waals surface area (Å²) in [4.78, 5) is 16.6. The largest absolute Gasteiger partial charge is 0.437 e. The van der Waals surface area contributed by atoms with Gasteiger partial charge >= 0.3 is 0 Å². The maximum Gasteiger partial charge on any atom is 0.261 e. The summed E-state index contributed by atoms with van der Waals surface area (Å²) in [7, 11) is 0. The molecule has 8 heteroatoms. The van der Waals surface area contributed by atoms with Gasteiger partial charge in [0.1, 0.15) is 5.75 Å². The van der Waals surface area contributed by atoms with Crippen molar-refractivity contribution in [2.24, 2.45) is 0 Å². The molecule has 4 rings (SSSR count). The van der Waals surface area contributed by atoms with Crippen LogP contribution in [0.5, 0.6) is 11.6 Å².